The van der Waals surface area contributed by atoms with Crippen LogP contribution >= 0.6 is 11.8 Å². The Labute approximate surface area is 153 Å². The van der Waals surface area contributed by atoms with Gasteiger partial charge in [0.15, 0.2) is 11.0 Å². The minimum Gasteiger partial charge on any atom is -0.497 e. The summed E-state index contributed by atoms with van der Waals surface area (Å²) in [6.07, 6.45) is 0. The fourth-order valence-electron chi connectivity index (χ4n) is 2.39. The van der Waals surface area contributed by atoms with Crippen molar-refractivity contribution < 1.29 is 9.53 Å². The van der Waals surface area contributed by atoms with Gasteiger partial charge in [-0.05, 0) is 44.0 Å². The number of methoxy groups -OCH3 is 1. The Balaban J connectivity index is 2.31. The van der Waals surface area contributed by atoms with Gasteiger partial charge in [-0.15, -0.1) is 10.2 Å². The number of nitrogens with one attached hydrogen (secondary N) is 1. The second-order valence-electron chi connectivity index (χ2n) is 6.19. The van der Waals surface area contributed by atoms with Crippen molar-refractivity contribution in [1.82, 2.24) is 20.1 Å². The lowest BCUT2D eigenvalue weighted by molar-refractivity contribution is -0.120. The average Bonchev–Trinajstić information content (AvgIpc) is 2.97. The molecule has 1 N–H and O–H groups in total. The molecule has 7 heteroatoms. The third-order valence-corrected chi connectivity index (χ3v) is 4.70. The van der Waals surface area contributed by atoms with E-state index in [4.69, 9.17) is 4.74 Å². The quantitative estimate of drug-likeness (QED) is 0.730. The number of carbonyl (C=O) groups excluding carboxylic acids is 1. The van der Waals surface area contributed by atoms with E-state index < -0.39 is 0 Å². The van der Waals surface area contributed by atoms with Crippen LogP contribution in [0, 0.1) is 5.92 Å². The molecule has 0 saturated heterocycles. The molecule has 1 aromatic heterocycles. The van der Waals surface area contributed by atoms with E-state index in [2.05, 4.69) is 33.9 Å². The second kappa shape index (κ2) is 8.89. The summed E-state index contributed by atoms with van der Waals surface area (Å²) in [7, 11) is 1.65. The first-order valence-electron chi connectivity index (χ1n) is 8.48. The van der Waals surface area contributed by atoms with Crippen molar-refractivity contribution in [1.29, 1.82) is 0 Å². The van der Waals surface area contributed by atoms with Crippen molar-refractivity contribution in [3.63, 3.8) is 0 Å². The van der Waals surface area contributed by atoms with Crippen molar-refractivity contribution in [2.45, 2.75) is 44.6 Å². The molecule has 136 valence electrons. The monoisotopic (exact) mass is 362 g/mol. The van der Waals surface area contributed by atoms with Gasteiger partial charge in [-0.2, -0.15) is 0 Å². The van der Waals surface area contributed by atoms with Crippen molar-refractivity contribution in [2.24, 2.45) is 5.92 Å². The number of aromatic nitrogens is 3. The number of hydrogen-bond acceptors (Lipinski definition) is 5. The van der Waals surface area contributed by atoms with Gasteiger partial charge in [0, 0.05) is 18.7 Å². The molecule has 0 bridgehead atoms. The van der Waals surface area contributed by atoms with Crippen LogP contribution in [0.4, 0.5) is 0 Å². The molecule has 1 amide bonds. The Hall–Kier alpha value is -2.02. The Morgan fingerprint density at radius 3 is 2.48 bits per heavy atom. The van der Waals surface area contributed by atoms with E-state index >= 15 is 0 Å². The van der Waals surface area contributed by atoms with Crippen LogP contribution in [0.15, 0.2) is 29.4 Å². The van der Waals surface area contributed by atoms with E-state index in [1.165, 1.54) is 11.8 Å². The van der Waals surface area contributed by atoms with Gasteiger partial charge in [0.25, 0.3) is 0 Å². The Bertz CT molecular complexity index is 698. The number of amides is 1. The molecule has 0 spiro atoms. The molecule has 6 nitrogen and oxygen atoms in total. The van der Waals surface area contributed by atoms with Crippen molar-refractivity contribution in [3.8, 4) is 17.1 Å². The lowest BCUT2D eigenvalue weighted by Crippen LogP contribution is -2.30. The number of rotatable bonds is 8. The number of carbonyl (C=O) groups is 1. The summed E-state index contributed by atoms with van der Waals surface area (Å²) in [5, 5.41) is 12.1. The van der Waals surface area contributed by atoms with Crippen molar-refractivity contribution >= 4 is 17.7 Å². The molecule has 0 unspecified atom stereocenters. The largest absolute Gasteiger partial charge is 0.497 e. The highest BCUT2D eigenvalue weighted by Gasteiger charge is 2.21. The number of benzene rings is 1. The van der Waals surface area contributed by atoms with E-state index in [0.29, 0.717) is 12.5 Å². The molecule has 0 saturated carbocycles. The van der Waals surface area contributed by atoms with Gasteiger partial charge in [0.1, 0.15) is 5.75 Å². The maximum absolute atomic E-state index is 12.0. The first-order valence-corrected chi connectivity index (χ1v) is 9.36. The minimum atomic E-state index is -0.223. The van der Waals surface area contributed by atoms with Crippen LogP contribution in [0.3, 0.4) is 0 Å². The van der Waals surface area contributed by atoms with E-state index in [1.54, 1.807) is 7.11 Å². The third-order valence-electron chi connectivity index (χ3n) is 3.62. The van der Waals surface area contributed by atoms with Crippen LogP contribution in [0.1, 0.15) is 27.7 Å². The smallest absolute Gasteiger partial charge is 0.233 e. The van der Waals surface area contributed by atoms with E-state index in [9.17, 15) is 4.79 Å². The number of ether oxygens (including phenoxy) is 1. The molecule has 1 aromatic carbocycles. The molecule has 1 atom stereocenters. The van der Waals surface area contributed by atoms with Gasteiger partial charge in [0.2, 0.25) is 5.91 Å². The highest BCUT2D eigenvalue weighted by atomic mass is 32.2. The van der Waals surface area contributed by atoms with Crippen LogP contribution in [0.2, 0.25) is 0 Å². The molecule has 1 heterocycles. The number of hydrogen-bond donors (Lipinski definition) is 1. The van der Waals surface area contributed by atoms with Gasteiger partial charge < -0.3 is 14.6 Å². The number of thioether (sulfide) groups is 1. The molecular weight excluding hydrogens is 336 g/mol. The van der Waals surface area contributed by atoms with Crippen LogP contribution in [0.5, 0.6) is 5.75 Å². The maximum Gasteiger partial charge on any atom is 0.233 e. The summed E-state index contributed by atoms with van der Waals surface area (Å²) in [4.78, 5) is 12.0. The van der Waals surface area contributed by atoms with Crippen LogP contribution < -0.4 is 10.1 Å². The molecule has 2 rings (SSSR count). The van der Waals surface area contributed by atoms with Gasteiger partial charge in [-0.1, -0.05) is 25.6 Å². The van der Waals surface area contributed by atoms with E-state index in [1.807, 2.05) is 38.1 Å². The molecule has 0 fully saturated rings. The topological polar surface area (TPSA) is 69.0 Å². The van der Waals surface area contributed by atoms with Gasteiger partial charge in [-0.25, -0.2) is 0 Å². The molecule has 0 radical (unpaired) electrons. The Morgan fingerprint density at radius 1 is 1.24 bits per heavy atom. The minimum absolute atomic E-state index is 0.0117. The van der Waals surface area contributed by atoms with Gasteiger partial charge >= 0.3 is 0 Å². The maximum atomic E-state index is 12.0. The van der Waals surface area contributed by atoms with Crippen LogP contribution in [-0.2, 0) is 11.3 Å². The zero-order chi connectivity index (χ0) is 18.4. The zero-order valence-electron chi connectivity index (χ0n) is 15.4. The number of nitrogens with zero attached hydrogens (tertiary/aromatic N) is 3. The molecule has 25 heavy (non-hydrogen) atoms. The molecular formula is C18H26N4O2S. The van der Waals surface area contributed by atoms with Gasteiger partial charge in [-0.3, -0.25) is 4.79 Å². The third kappa shape index (κ3) is 4.98. The highest BCUT2D eigenvalue weighted by Crippen LogP contribution is 2.28. The SMILES string of the molecule is CCNC(=O)[C@@H](C)Sc1nnc(-c2ccc(OC)cc2)n1CC(C)C. The summed E-state index contributed by atoms with van der Waals surface area (Å²) in [6.45, 7) is 9.52. The standard InChI is InChI=1S/C18H26N4O2S/c1-6-19-17(23)13(4)25-18-21-20-16(22(18)11-12(2)3)14-7-9-15(24-5)10-8-14/h7-10,12-13H,6,11H2,1-5H3,(H,19,23)/t13-/m1/s1. The Kier molecular flexibility index (Phi) is 6.87. The lowest BCUT2D eigenvalue weighted by atomic mass is 10.2. The van der Waals surface area contributed by atoms with E-state index in [-0.39, 0.29) is 11.2 Å². The molecule has 2 aromatic rings. The molecule has 0 aliphatic rings. The predicted molar refractivity (Wildman–Crippen MR) is 101 cm³/mol. The first kappa shape index (κ1) is 19.3. The fraction of sp³-hybridized carbons (Fsp3) is 0.500. The van der Waals surface area contributed by atoms with Crippen molar-refractivity contribution in [3.05, 3.63) is 24.3 Å². The molecule has 0 aliphatic carbocycles. The summed E-state index contributed by atoms with van der Waals surface area (Å²) in [6, 6.07) is 7.77. The summed E-state index contributed by atoms with van der Waals surface area (Å²) < 4.78 is 7.31. The van der Waals surface area contributed by atoms with Crippen molar-refractivity contribution in [2.75, 3.05) is 13.7 Å². The lowest BCUT2D eigenvalue weighted by Gasteiger charge is -2.15. The summed E-state index contributed by atoms with van der Waals surface area (Å²) >= 11 is 1.44. The first-order chi connectivity index (χ1) is 12.0. The molecule has 0 aliphatic heterocycles. The zero-order valence-corrected chi connectivity index (χ0v) is 16.3. The summed E-state index contributed by atoms with van der Waals surface area (Å²) in [5.74, 6) is 2.06. The van der Waals surface area contributed by atoms with Gasteiger partial charge in [0.05, 0.1) is 12.4 Å². The fourth-order valence-corrected chi connectivity index (χ4v) is 3.27. The Morgan fingerprint density at radius 2 is 1.92 bits per heavy atom. The summed E-state index contributed by atoms with van der Waals surface area (Å²) in [5.41, 5.74) is 0.978. The normalized spacial score (nSPS) is 12.2. The second-order valence-corrected chi connectivity index (χ2v) is 7.50. The van der Waals surface area contributed by atoms with Crippen LogP contribution in [0.25, 0.3) is 11.4 Å². The van der Waals surface area contributed by atoms with Crippen LogP contribution in [-0.4, -0.2) is 39.6 Å². The predicted octanol–water partition coefficient (Wildman–Crippen LogP) is 3.23. The van der Waals surface area contributed by atoms with E-state index in [0.717, 1.165) is 28.8 Å². The highest BCUT2D eigenvalue weighted by molar-refractivity contribution is 8.00. The average molecular weight is 362 g/mol.